The highest BCUT2D eigenvalue weighted by Gasteiger charge is 2.20. The van der Waals surface area contributed by atoms with Crippen LogP contribution in [0.5, 0.6) is 11.5 Å². The molecular formula is C44H42Cl2N2O5. The van der Waals surface area contributed by atoms with E-state index < -0.39 is 5.97 Å². The van der Waals surface area contributed by atoms with Crippen LogP contribution in [0.4, 0.5) is 0 Å². The predicted molar refractivity (Wildman–Crippen MR) is 214 cm³/mol. The van der Waals surface area contributed by atoms with Crippen molar-refractivity contribution < 1.29 is 24.2 Å². The molecule has 6 aromatic rings. The summed E-state index contributed by atoms with van der Waals surface area (Å²) >= 11 is 12.9. The van der Waals surface area contributed by atoms with Crippen LogP contribution in [0.25, 0.3) is 33.2 Å². The molecule has 0 fully saturated rings. The van der Waals surface area contributed by atoms with Gasteiger partial charge in [-0.3, -0.25) is 4.79 Å². The average molecular weight is 750 g/mol. The van der Waals surface area contributed by atoms with E-state index in [9.17, 15) is 14.7 Å². The van der Waals surface area contributed by atoms with E-state index in [4.69, 9.17) is 32.7 Å². The number of halogens is 2. The number of aromatic nitrogens is 1. The third-order valence-corrected chi connectivity index (χ3v) is 9.58. The van der Waals surface area contributed by atoms with Crippen LogP contribution >= 0.6 is 23.2 Å². The SMILES string of the molecule is O=C(O)c1ccc(OCCOc2c(-c3cccc(Cl)c3)cc(C(=O)NCCCCCCCCn3ccc4ccccc43)cc2-c2cccc(Cl)c2)cc1. The van der Waals surface area contributed by atoms with Gasteiger partial charge in [0.05, 0.1) is 5.56 Å². The first-order valence-corrected chi connectivity index (χ1v) is 18.7. The zero-order chi connectivity index (χ0) is 37.0. The molecule has 0 unspecified atom stereocenters. The number of amides is 1. The van der Waals surface area contributed by atoms with Gasteiger partial charge in [0, 0.05) is 51.5 Å². The van der Waals surface area contributed by atoms with Crippen LogP contribution in [0.15, 0.2) is 121 Å². The number of aryl methyl sites for hydroxylation is 1. The van der Waals surface area contributed by atoms with Gasteiger partial charge in [-0.15, -0.1) is 0 Å². The Morgan fingerprint density at radius 1 is 0.642 bits per heavy atom. The topological polar surface area (TPSA) is 89.8 Å². The monoisotopic (exact) mass is 748 g/mol. The smallest absolute Gasteiger partial charge is 0.335 e. The fourth-order valence-corrected chi connectivity index (χ4v) is 6.79. The lowest BCUT2D eigenvalue weighted by Crippen LogP contribution is -2.24. The van der Waals surface area contributed by atoms with Crippen LogP contribution < -0.4 is 14.8 Å². The first kappa shape index (κ1) is 37.5. The maximum Gasteiger partial charge on any atom is 0.335 e. The minimum atomic E-state index is -1.00. The summed E-state index contributed by atoms with van der Waals surface area (Å²) in [6.07, 6.45) is 8.75. The van der Waals surface area contributed by atoms with Gasteiger partial charge in [0.1, 0.15) is 24.7 Å². The molecule has 9 heteroatoms. The third-order valence-electron chi connectivity index (χ3n) is 9.11. The highest BCUT2D eigenvalue weighted by molar-refractivity contribution is 6.31. The van der Waals surface area contributed by atoms with Crippen molar-refractivity contribution in [1.82, 2.24) is 9.88 Å². The molecule has 1 heterocycles. The van der Waals surface area contributed by atoms with Crippen molar-refractivity contribution in [2.75, 3.05) is 19.8 Å². The first-order valence-electron chi connectivity index (χ1n) is 18.0. The van der Waals surface area contributed by atoms with Crippen molar-refractivity contribution in [3.63, 3.8) is 0 Å². The molecule has 0 bridgehead atoms. The van der Waals surface area contributed by atoms with Gasteiger partial charge < -0.3 is 24.5 Å². The summed E-state index contributed by atoms with van der Waals surface area (Å²) in [6.45, 7) is 1.98. The van der Waals surface area contributed by atoms with Crippen LogP contribution in [0.2, 0.25) is 10.0 Å². The molecule has 0 aliphatic rings. The number of carbonyl (C=O) groups excluding carboxylic acids is 1. The number of nitrogens with zero attached hydrogens (tertiary/aromatic N) is 1. The maximum atomic E-state index is 13.7. The van der Waals surface area contributed by atoms with Crippen molar-refractivity contribution in [2.45, 2.75) is 45.1 Å². The second kappa shape index (κ2) is 18.5. The van der Waals surface area contributed by atoms with Crippen molar-refractivity contribution in [2.24, 2.45) is 0 Å². The van der Waals surface area contributed by atoms with E-state index in [1.165, 1.54) is 35.9 Å². The molecule has 272 valence electrons. The van der Waals surface area contributed by atoms with E-state index in [-0.39, 0.29) is 24.7 Å². The molecule has 0 saturated carbocycles. The van der Waals surface area contributed by atoms with Gasteiger partial charge in [-0.2, -0.15) is 0 Å². The number of benzene rings is 5. The second-order valence-corrected chi connectivity index (χ2v) is 13.8. The highest BCUT2D eigenvalue weighted by atomic mass is 35.5. The minimum Gasteiger partial charge on any atom is -0.490 e. The highest BCUT2D eigenvalue weighted by Crippen LogP contribution is 2.41. The van der Waals surface area contributed by atoms with Crippen LogP contribution in [-0.4, -0.2) is 41.3 Å². The van der Waals surface area contributed by atoms with E-state index in [1.54, 1.807) is 24.3 Å². The standard InChI is InChI=1S/C44H42Cl2N2O5/c45-36-14-9-12-33(27-36)39-29-35(43(49)47-22-7-3-1-2-4-8-23-48-24-21-31-11-5-6-16-41(31)48)30-40(34-13-10-15-37(46)28-34)42(39)53-26-25-52-38-19-17-32(18-20-38)44(50)51/h5-6,9-21,24,27-30H,1-4,7-8,22-23,25-26H2,(H,47,49)(H,50,51). The molecule has 0 aliphatic carbocycles. The summed E-state index contributed by atoms with van der Waals surface area (Å²) in [4.78, 5) is 24.9. The van der Waals surface area contributed by atoms with Crippen molar-refractivity contribution in [3.05, 3.63) is 143 Å². The Bertz CT molecular complexity index is 2100. The van der Waals surface area contributed by atoms with Crippen LogP contribution in [0.1, 0.15) is 59.2 Å². The minimum absolute atomic E-state index is 0.171. The normalized spacial score (nSPS) is 11.1. The summed E-state index contributed by atoms with van der Waals surface area (Å²) in [7, 11) is 0. The second-order valence-electron chi connectivity index (χ2n) is 12.9. The molecule has 7 nitrogen and oxygen atoms in total. The van der Waals surface area contributed by atoms with E-state index >= 15 is 0 Å². The number of carboxylic acids is 1. The van der Waals surface area contributed by atoms with Gasteiger partial charge >= 0.3 is 5.97 Å². The fourth-order valence-electron chi connectivity index (χ4n) is 6.41. The number of aromatic carboxylic acids is 1. The molecule has 0 radical (unpaired) electrons. The van der Waals surface area contributed by atoms with Crippen molar-refractivity contribution in [1.29, 1.82) is 0 Å². The molecule has 2 N–H and O–H groups in total. The van der Waals surface area contributed by atoms with Crippen molar-refractivity contribution in [3.8, 4) is 33.8 Å². The number of fused-ring (bicyclic) bond motifs is 1. The number of rotatable bonds is 18. The third kappa shape index (κ3) is 10.2. The Hall–Kier alpha value is -5.24. The van der Waals surface area contributed by atoms with E-state index in [2.05, 4.69) is 46.4 Å². The molecule has 0 spiro atoms. The van der Waals surface area contributed by atoms with Gasteiger partial charge in [0.2, 0.25) is 0 Å². The van der Waals surface area contributed by atoms with E-state index in [0.717, 1.165) is 43.4 Å². The van der Waals surface area contributed by atoms with Crippen molar-refractivity contribution >= 4 is 46.0 Å². The van der Waals surface area contributed by atoms with Gasteiger partial charge in [-0.1, -0.05) is 91.3 Å². The molecule has 0 atom stereocenters. The quantitative estimate of drug-likeness (QED) is 0.0854. The lowest BCUT2D eigenvalue weighted by molar-refractivity contribution is 0.0696. The number of carbonyl (C=O) groups is 2. The lowest BCUT2D eigenvalue weighted by atomic mass is 9.94. The number of nitrogens with one attached hydrogen (secondary N) is 1. The van der Waals surface area contributed by atoms with E-state index in [1.807, 2.05) is 48.5 Å². The molecule has 0 aliphatic heterocycles. The largest absolute Gasteiger partial charge is 0.490 e. The Morgan fingerprint density at radius 2 is 1.26 bits per heavy atom. The van der Waals surface area contributed by atoms with Gasteiger partial charge in [-0.05, 0) is 102 Å². The zero-order valence-electron chi connectivity index (χ0n) is 29.4. The number of unbranched alkanes of at least 4 members (excludes halogenated alkanes) is 5. The average Bonchev–Trinajstić information content (AvgIpc) is 3.58. The molecule has 1 amide bonds. The number of hydrogen-bond acceptors (Lipinski definition) is 4. The maximum absolute atomic E-state index is 13.7. The zero-order valence-corrected chi connectivity index (χ0v) is 30.9. The van der Waals surface area contributed by atoms with Gasteiger partial charge in [0.25, 0.3) is 5.91 Å². The summed E-state index contributed by atoms with van der Waals surface area (Å²) in [5.74, 6) is -0.0905. The first-order chi connectivity index (χ1) is 25.9. The van der Waals surface area contributed by atoms with Gasteiger partial charge in [-0.25, -0.2) is 4.79 Å². The number of carboxylic acid groups (broad SMARTS) is 1. The summed E-state index contributed by atoms with van der Waals surface area (Å²) in [5.41, 5.74) is 4.95. The number of hydrogen-bond donors (Lipinski definition) is 2. The Labute approximate surface area is 320 Å². The molecule has 1 aromatic heterocycles. The molecule has 53 heavy (non-hydrogen) atoms. The molecule has 0 saturated heterocycles. The summed E-state index contributed by atoms with van der Waals surface area (Å²) in [5, 5.41) is 14.7. The lowest BCUT2D eigenvalue weighted by Gasteiger charge is -2.19. The Balaban J connectivity index is 1.10. The van der Waals surface area contributed by atoms with E-state index in [0.29, 0.717) is 44.8 Å². The number of para-hydroxylation sites is 1. The summed E-state index contributed by atoms with van der Waals surface area (Å²) < 4.78 is 14.6. The van der Waals surface area contributed by atoms with Crippen LogP contribution in [0, 0.1) is 0 Å². The Kier molecular flexibility index (Phi) is 13.1. The molecule has 5 aromatic carbocycles. The van der Waals surface area contributed by atoms with Crippen LogP contribution in [-0.2, 0) is 6.54 Å². The number of ether oxygens (including phenoxy) is 2. The molecule has 6 rings (SSSR count). The summed E-state index contributed by atoms with van der Waals surface area (Å²) in [6, 6.07) is 35.4. The fraction of sp³-hybridized carbons (Fsp3) is 0.227. The Morgan fingerprint density at radius 3 is 1.92 bits per heavy atom. The van der Waals surface area contributed by atoms with Crippen LogP contribution in [0.3, 0.4) is 0 Å². The van der Waals surface area contributed by atoms with Gasteiger partial charge in [0.15, 0.2) is 0 Å². The molecular weight excluding hydrogens is 707 g/mol. The predicted octanol–water partition coefficient (Wildman–Crippen LogP) is 11.2.